The predicted molar refractivity (Wildman–Crippen MR) is 140 cm³/mol. The summed E-state index contributed by atoms with van der Waals surface area (Å²) in [7, 11) is -2.17. The van der Waals surface area contributed by atoms with E-state index in [1.807, 2.05) is 20.8 Å². The molecule has 2 amide bonds. The van der Waals surface area contributed by atoms with Gasteiger partial charge in [-0.15, -0.1) is 0 Å². The van der Waals surface area contributed by atoms with Gasteiger partial charge in [0.2, 0.25) is 21.8 Å². The Morgan fingerprint density at radius 3 is 2.14 bits per heavy atom. The second kappa shape index (κ2) is 13.3. The van der Waals surface area contributed by atoms with Crippen LogP contribution in [0.25, 0.3) is 0 Å². The summed E-state index contributed by atoms with van der Waals surface area (Å²) in [4.78, 5) is 27.9. The third-order valence-electron chi connectivity index (χ3n) is 5.52. The second-order valence-corrected chi connectivity index (χ2v) is 11.4. The zero-order chi connectivity index (χ0) is 26.2. The summed E-state index contributed by atoms with van der Waals surface area (Å²) < 4.78 is 26.7. The third kappa shape index (κ3) is 7.93. The molecule has 0 aliphatic carbocycles. The molecule has 0 saturated carbocycles. The van der Waals surface area contributed by atoms with Crippen LogP contribution in [0.15, 0.2) is 53.4 Å². The molecule has 10 heteroatoms. The fourth-order valence-electron chi connectivity index (χ4n) is 3.64. The van der Waals surface area contributed by atoms with Crippen molar-refractivity contribution in [1.82, 2.24) is 14.5 Å². The first-order valence-corrected chi connectivity index (χ1v) is 13.7. The van der Waals surface area contributed by atoms with Crippen LogP contribution in [0.4, 0.5) is 0 Å². The van der Waals surface area contributed by atoms with Gasteiger partial charge in [-0.2, -0.15) is 0 Å². The first kappa shape index (κ1) is 29.1. The van der Waals surface area contributed by atoms with Gasteiger partial charge in [0, 0.05) is 48.2 Å². The highest BCUT2D eigenvalue weighted by Crippen LogP contribution is 2.27. The van der Waals surface area contributed by atoms with Crippen LogP contribution in [0.1, 0.15) is 45.6 Å². The van der Waals surface area contributed by atoms with E-state index in [-0.39, 0.29) is 48.7 Å². The Labute approximate surface area is 218 Å². The normalized spacial score (nSPS) is 12.6. The van der Waals surface area contributed by atoms with Crippen molar-refractivity contribution < 1.29 is 18.0 Å². The smallest absolute Gasteiger partial charge is 0.243 e. The molecule has 0 aliphatic heterocycles. The Morgan fingerprint density at radius 1 is 1.00 bits per heavy atom. The van der Waals surface area contributed by atoms with Crippen LogP contribution in [0.5, 0.6) is 0 Å². The first-order chi connectivity index (χ1) is 16.5. The number of nitrogens with one attached hydrogen (secondary N) is 1. The van der Waals surface area contributed by atoms with Crippen LogP contribution in [0, 0.1) is 0 Å². The monoisotopic (exact) mass is 541 g/mol. The van der Waals surface area contributed by atoms with Crippen molar-refractivity contribution in [2.45, 2.75) is 63.6 Å². The summed E-state index contributed by atoms with van der Waals surface area (Å²) in [5.74, 6) is -0.542. The van der Waals surface area contributed by atoms with Gasteiger partial charge in [0.1, 0.15) is 6.04 Å². The quantitative estimate of drug-likeness (QED) is 0.420. The molecule has 35 heavy (non-hydrogen) atoms. The van der Waals surface area contributed by atoms with Gasteiger partial charge < -0.3 is 10.2 Å². The van der Waals surface area contributed by atoms with E-state index in [9.17, 15) is 18.0 Å². The van der Waals surface area contributed by atoms with E-state index in [4.69, 9.17) is 23.2 Å². The number of sulfonamides is 1. The van der Waals surface area contributed by atoms with Crippen LogP contribution in [0.3, 0.4) is 0 Å². The Hall–Kier alpha value is -2.13. The third-order valence-corrected chi connectivity index (χ3v) is 8.10. The van der Waals surface area contributed by atoms with Crippen LogP contribution in [0.2, 0.25) is 10.0 Å². The van der Waals surface area contributed by atoms with Crippen molar-refractivity contribution in [3.63, 3.8) is 0 Å². The molecule has 0 unspecified atom stereocenters. The standard InChI is InChI=1S/C25H33Cl2N3O4S/c1-5-23(25(32)28-18(2)3)30(17-20-21(26)13-9-14-22(20)27)24(31)15-10-16-29(4)35(33,34)19-11-7-6-8-12-19/h6-9,11-14,18,23H,5,10,15-17H2,1-4H3,(H,28,32)/t23-/m1/s1. The Bertz CT molecular complexity index is 1090. The van der Waals surface area contributed by atoms with Crippen LogP contribution >= 0.6 is 23.2 Å². The van der Waals surface area contributed by atoms with E-state index < -0.39 is 16.1 Å². The number of hydrogen-bond donors (Lipinski definition) is 1. The lowest BCUT2D eigenvalue weighted by molar-refractivity contribution is -0.141. The summed E-state index contributed by atoms with van der Waals surface area (Å²) in [6, 6.07) is 12.4. The van der Waals surface area contributed by atoms with Crippen molar-refractivity contribution >= 4 is 45.0 Å². The molecule has 0 aromatic heterocycles. The lowest BCUT2D eigenvalue weighted by Crippen LogP contribution is -2.50. The molecule has 0 radical (unpaired) electrons. The van der Waals surface area contributed by atoms with Crippen molar-refractivity contribution in [2.24, 2.45) is 0 Å². The summed E-state index contributed by atoms with van der Waals surface area (Å²) in [5.41, 5.74) is 0.559. The maximum Gasteiger partial charge on any atom is 0.243 e. The molecule has 192 valence electrons. The SMILES string of the molecule is CC[C@H](C(=O)NC(C)C)N(Cc1c(Cl)cccc1Cl)C(=O)CCCN(C)S(=O)(=O)c1ccccc1. The molecule has 7 nitrogen and oxygen atoms in total. The minimum absolute atomic E-state index is 0.0577. The number of benzene rings is 2. The highest BCUT2D eigenvalue weighted by atomic mass is 35.5. The average Bonchev–Trinajstić information content (AvgIpc) is 2.80. The Morgan fingerprint density at radius 2 is 1.60 bits per heavy atom. The highest BCUT2D eigenvalue weighted by molar-refractivity contribution is 7.89. The summed E-state index contributed by atoms with van der Waals surface area (Å²) in [5, 5.41) is 3.68. The molecule has 1 atom stereocenters. The molecule has 0 saturated heterocycles. The van der Waals surface area contributed by atoms with E-state index in [1.54, 1.807) is 36.4 Å². The molecule has 0 fully saturated rings. The summed E-state index contributed by atoms with van der Waals surface area (Å²) >= 11 is 12.7. The maximum atomic E-state index is 13.4. The topological polar surface area (TPSA) is 86.8 Å². The number of halogens is 2. The minimum Gasteiger partial charge on any atom is -0.352 e. The van der Waals surface area contributed by atoms with Crippen LogP contribution < -0.4 is 5.32 Å². The van der Waals surface area contributed by atoms with Crippen molar-refractivity contribution in [2.75, 3.05) is 13.6 Å². The molecule has 0 aliphatic rings. The van der Waals surface area contributed by atoms with Crippen LogP contribution in [-0.2, 0) is 26.2 Å². The number of rotatable bonds is 12. The molecule has 2 aromatic carbocycles. The van der Waals surface area contributed by atoms with Gasteiger partial charge in [-0.25, -0.2) is 12.7 Å². The summed E-state index contributed by atoms with van der Waals surface area (Å²) in [6.45, 7) is 5.76. The molecule has 2 rings (SSSR count). The number of amides is 2. The average molecular weight is 543 g/mol. The Kier molecular flexibility index (Phi) is 11.0. The maximum absolute atomic E-state index is 13.4. The van der Waals surface area contributed by atoms with Crippen LogP contribution in [-0.4, -0.2) is 55.1 Å². The van der Waals surface area contributed by atoms with Gasteiger partial charge in [0.15, 0.2) is 0 Å². The molecule has 0 spiro atoms. The second-order valence-electron chi connectivity index (χ2n) is 8.55. The lowest BCUT2D eigenvalue weighted by Gasteiger charge is -2.32. The van der Waals surface area contributed by atoms with Gasteiger partial charge in [-0.05, 0) is 51.0 Å². The molecule has 1 N–H and O–H groups in total. The fraction of sp³-hybridized carbons (Fsp3) is 0.440. The van der Waals surface area contributed by atoms with Crippen molar-refractivity contribution in [3.8, 4) is 0 Å². The number of carbonyl (C=O) groups is 2. The van der Waals surface area contributed by atoms with Crippen molar-refractivity contribution in [1.29, 1.82) is 0 Å². The first-order valence-electron chi connectivity index (χ1n) is 11.5. The van der Waals surface area contributed by atoms with Gasteiger partial charge in [0.05, 0.1) is 4.90 Å². The van der Waals surface area contributed by atoms with Crippen molar-refractivity contribution in [3.05, 3.63) is 64.1 Å². The number of nitrogens with zero attached hydrogens (tertiary/aromatic N) is 2. The number of carbonyl (C=O) groups excluding carboxylic acids is 2. The highest BCUT2D eigenvalue weighted by Gasteiger charge is 2.30. The van der Waals surface area contributed by atoms with Gasteiger partial charge in [-0.1, -0.05) is 54.4 Å². The fourth-order valence-corrected chi connectivity index (χ4v) is 5.39. The largest absolute Gasteiger partial charge is 0.352 e. The molecule has 0 heterocycles. The van der Waals surface area contributed by atoms with E-state index >= 15 is 0 Å². The van der Waals surface area contributed by atoms with E-state index in [1.165, 1.54) is 28.4 Å². The zero-order valence-corrected chi connectivity index (χ0v) is 22.8. The van der Waals surface area contributed by atoms with Gasteiger partial charge >= 0.3 is 0 Å². The van der Waals surface area contributed by atoms with Gasteiger partial charge in [0.25, 0.3) is 0 Å². The van der Waals surface area contributed by atoms with E-state index in [2.05, 4.69) is 5.32 Å². The minimum atomic E-state index is -3.66. The number of hydrogen-bond acceptors (Lipinski definition) is 4. The Balaban J connectivity index is 2.19. The molecular formula is C25H33Cl2N3O4S. The van der Waals surface area contributed by atoms with E-state index in [0.717, 1.165) is 0 Å². The van der Waals surface area contributed by atoms with Gasteiger partial charge in [-0.3, -0.25) is 9.59 Å². The van der Waals surface area contributed by atoms with E-state index in [0.29, 0.717) is 22.0 Å². The molecule has 0 bridgehead atoms. The summed E-state index contributed by atoms with van der Waals surface area (Å²) in [6.07, 6.45) is 0.743. The molecular weight excluding hydrogens is 509 g/mol. The lowest BCUT2D eigenvalue weighted by atomic mass is 10.1. The zero-order valence-electron chi connectivity index (χ0n) is 20.5. The molecule has 2 aromatic rings. The predicted octanol–water partition coefficient (Wildman–Crippen LogP) is 4.73.